The van der Waals surface area contributed by atoms with Crippen molar-refractivity contribution < 1.29 is 14.8 Å². The molecule has 1 aromatic heterocycles. The van der Waals surface area contributed by atoms with Crippen LogP contribution in [0.3, 0.4) is 0 Å². The fourth-order valence-electron chi connectivity index (χ4n) is 1.49. The predicted octanol–water partition coefficient (Wildman–Crippen LogP) is 1.60. The van der Waals surface area contributed by atoms with Gasteiger partial charge in [0.1, 0.15) is 5.82 Å². The van der Waals surface area contributed by atoms with Crippen molar-refractivity contribution in [2.45, 2.75) is 19.8 Å². The quantitative estimate of drug-likeness (QED) is 0.611. The maximum absolute atomic E-state index is 10.8. The van der Waals surface area contributed by atoms with Crippen LogP contribution in [0.5, 0.6) is 0 Å². The molecule has 0 spiro atoms. The van der Waals surface area contributed by atoms with E-state index in [1.54, 1.807) is 18.9 Å². The summed E-state index contributed by atoms with van der Waals surface area (Å²) in [6.45, 7) is 2.11. The molecule has 0 amide bonds. The Morgan fingerprint density at radius 1 is 1.61 bits per heavy atom. The second kappa shape index (κ2) is 5.95. The van der Waals surface area contributed by atoms with Crippen LogP contribution in [0.15, 0.2) is 12.3 Å². The maximum atomic E-state index is 10.8. The molecular formula is C11H15N3O4. The number of hydrogen-bond acceptors (Lipinski definition) is 5. The minimum atomic E-state index is -0.855. The van der Waals surface area contributed by atoms with Crippen LogP contribution >= 0.6 is 0 Å². The van der Waals surface area contributed by atoms with E-state index in [9.17, 15) is 14.9 Å². The molecule has 0 unspecified atom stereocenters. The topological polar surface area (TPSA) is 96.6 Å². The second-order valence-corrected chi connectivity index (χ2v) is 4.00. The summed E-state index contributed by atoms with van der Waals surface area (Å²) in [5.41, 5.74) is 0.521. The van der Waals surface area contributed by atoms with Gasteiger partial charge < -0.3 is 10.0 Å². The van der Waals surface area contributed by atoms with Gasteiger partial charge in [-0.1, -0.05) is 0 Å². The fraction of sp³-hybridized carbons (Fsp3) is 0.455. The molecule has 0 saturated carbocycles. The minimum absolute atomic E-state index is 0.0186. The summed E-state index contributed by atoms with van der Waals surface area (Å²) in [4.78, 5) is 26.5. The molecule has 1 rings (SSSR count). The van der Waals surface area contributed by atoms with Gasteiger partial charge >= 0.3 is 5.97 Å². The normalized spacial score (nSPS) is 10.1. The highest BCUT2D eigenvalue weighted by Gasteiger charge is 2.14. The van der Waals surface area contributed by atoms with Crippen LogP contribution in [0.25, 0.3) is 0 Å². The van der Waals surface area contributed by atoms with Crippen molar-refractivity contribution in [2.75, 3.05) is 18.5 Å². The largest absolute Gasteiger partial charge is 0.481 e. The number of aromatic nitrogens is 1. The smallest absolute Gasteiger partial charge is 0.303 e. The predicted molar refractivity (Wildman–Crippen MR) is 65.8 cm³/mol. The molecule has 18 heavy (non-hydrogen) atoms. The number of carboxylic acids is 1. The van der Waals surface area contributed by atoms with Crippen LogP contribution < -0.4 is 4.90 Å². The van der Waals surface area contributed by atoms with Gasteiger partial charge in [-0.15, -0.1) is 0 Å². The number of carbonyl (C=O) groups is 1. The fourth-order valence-corrected chi connectivity index (χ4v) is 1.49. The molecule has 0 bridgehead atoms. The molecule has 0 radical (unpaired) electrons. The number of carboxylic acid groups (broad SMARTS) is 1. The number of nitrogens with zero attached hydrogens (tertiary/aromatic N) is 3. The number of aliphatic carboxylic acids is 1. The number of rotatable bonds is 6. The monoisotopic (exact) mass is 253 g/mol. The molecule has 0 aliphatic rings. The molecule has 1 heterocycles. The van der Waals surface area contributed by atoms with Crippen molar-refractivity contribution in [2.24, 2.45) is 0 Å². The van der Waals surface area contributed by atoms with E-state index in [1.165, 1.54) is 12.3 Å². The molecule has 0 aliphatic heterocycles. The molecule has 7 nitrogen and oxygen atoms in total. The molecular weight excluding hydrogens is 238 g/mol. The lowest BCUT2D eigenvalue weighted by Crippen LogP contribution is -2.20. The van der Waals surface area contributed by atoms with Gasteiger partial charge in [0.05, 0.1) is 11.0 Å². The summed E-state index contributed by atoms with van der Waals surface area (Å²) in [5, 5.41) is 19.3. The van der Waals surface area contributed by atoms with Gasteiger partial charge in [-0.2, -0.15) is 0 Å². The number of aryl methyl sites for hydroxylation is 1. The summed E-state index contributed by atoms with van der Waals surface area (Å²) >= 11 is 0. The Morgan fingerprint density at radius 3 is 2.83 bits per heavy atom. The maximum Gasteiger partial charge on any atom is 0.303 e. The zero-order valence-corrected chi connectivity index (χ0v) is 10.3. The van der Waals surface area contributed by atoms with E-state index in [0.717, 1.165) is 0 Å². The first-order valence-corrected chi connectivity index (χ1v) is 5.45. The van der Waals surface area contributed by atoms with E-state index in [2.05, 4.69) is 4.98 Å². The van der Waals surface area contributed by atoms with Crippen molar-refractivity contribution in [1.82, 2.24) is 4.98 Å². The Hall–Kier alpha value is -2.18. The van der Waals surface area contributed by atoms with Crippen LogP contribution in [-0.4, -0.2) is 34.6 Å². The summed E-state index contributed by atoms with van der Waals surface area (Å²) in [7, 11) is 1.73. The molecule has 98 valence electrons. The Labute approximate surface area is 104 Å². The molecule has 0 atom stereocenters. The lowest BCUT2D eigenvalue weighted by molar-refractivity contribution is -0.385. The third-order valence-corrected chi connectivity index (χ3v) is 2.53. The van der Waals surface area contributed by atoms with Crippen LogP contribution in [0.4, 0.5) is 11.5 Å². The van der Waals surface area contributed by atoms with E-state index in [0.29, 0.717) is 24.3 Å². The molecule has 1 aromatic rings. The molecule has 0 aromatic carbocycles. The van der Waals surface area contributed by atoms with Gasteiger partial charge in [0.25, 0.3) is 5.69 Å². The first-order valence-electron chi connectivity index (χ1n) is 5.45. The van der Waals surface area contributed by atoms with Crippen LogP contribution in [0, 0.1) is 17.0 Å². The summed E-state index contributed by atoms with van der Waals surface area (Å²) < 4.78 is 0. The first kappa shape index (κ1) is 13.9. The van der Waals surface area contributed by atoms with E-state index < -0.39 is 10.9 Å². The SMILES string of the molecule is Cc1cnc(N(C)CCCC(=O)O)cc1[N+](=O)[O-]. The van der Waals surface area contributed by atoms with Crippen molar-refractivity contribution >= 4 is 17.5 Å². The van der Waals surface area contributed by atoms with Crippen molar-refractivity contribution in [3.05, 3.63) is 27.9 Å². The Bertz CT molecular complexity index is 462. The van der Waals surface area contributed by atoms with E-state index in [-0.39, 0.29) is 12.1 Å². The number of nitro groups is 1. The van der Waals surface area contributed by atoms with Crippen molar-refractivity contribution in [1.29, 1.82) is 0 Å². The van der Waals surface area contributed by atoms with Crippen LogP contribution in [0.2, 0.25) is 0 Å². The standard InChI is InChI=1S/C11H15N3O4/c1-8-7-12-10(6-9(8)14(17)18)13(2)5-3-4-11(15)16/h6-7H,3-5H2,1-2H3,(H,15,16). The van der Waals surface area contributed by atoms with Gasteiger partial charge in [0, 0.05) is 31.8 Å². The zero-order valence-electron chi connectivity index (χ0n) is 10.3. The van der Waals surface area contributed by atoms with Gasteiger partial charge in [0.2, 0.25) is 0 Å². The zero-order chi connectivity index (χ0) is 13.7. The van der Waals surface area contributed by atoms with Crippen molar-refractivity contribution in [3.63, 3.8) is 0 Å². The highest BCUT2D eigenvalue weighted by molar-refractivity contribution is 5.66. The summed E-state index contributed by atoms with van der Waals surface area (Å²) in [5.74, 6) is -0.385. The Morgan fingerprint density at radius 2 is 2.28 bits per heavy atom. The average Bonchev–Trinajstić information content (AvgIpc) is 2.28. The average molecular weight is 253 g/mol. The van der Waals surface area contributed by atoms with E-state index in [1.807, 2.05) is 0 Å². The van der Waals surface area contributed by atoms with Gasteiger partial charge in [0.15, 0.2) is 0 Å². The Kier molecular flexibility index (Phi) is 4.59. The third kappa shape index (κ3) is 3.69. The lowest BCUT2D eigenvalue weighted by atomic mass is 10.2. The van der Waals surface area contributed by atoms with E-state index in [4.69, 9.17) is 5.11 Å². The third-order valence-electron chi connectivity index (χ3n) is 2.53. The first-order chi connectivity index (χ1) is 8.41. The summed E-state index contributed by atoms with van der Waals surface area (Å²) in [6.07, 6.45) is 1.98. The molecule has 0 aliphatic carbocycles. The number of hydrogen-bond donors (Lipinski definition) is 1. The van der Waals surface area contributed by atoms with Gasteiger partial charge in [-0.05, 0) is 13.3 Å². The number of anilines is 1. The number of pyridine rings is 1. The van der Waals surface area contributed by atoms with Gasteiger partial charge in [-0.3, -0.25) is 14.9 Å². The minimum Gasteiger partial charge on any atom is -0.481 e. The van der Waals surface area contributed by atoms with Crippen LogP contribution in [0.1, 0.15) is 18.4 Å². The summed E-state index contributed by atoms with van der Waals surface area (Å²) in [6, 6.07) is 1.40. The molecule has 0 fully saturated rings. The van der Waals surface area contributed by atoms with E-state index >= 15 is 0 Å². The second-order valence-electron chi connectivity index (χ2n) is 4.00. The van der Waals surface area contributed by atoms with Gasteiger partial charge in [-0.25, -0.2) is 4.98 Å². The highest BCUT2D eigenvalue weighted by Crippen LogP contribution is 2.21. The molecule has 0 saturated heterocycles. The lowest BCUT2D eigenvalue weighted by Gasteiger charge is -2.17. The Balaban J connectivity index is 2.74. The molecule has 1 N–H and O–H groups in total. The highest BCUT2D eigenvalue weighted by atomic mass is 16.6. The van der Waals surface area contributed by atoms with Crippen molar-refractivity contribution in [3.8, 4) is 0 Å². The molecule has 7 heteroatoms. The van der Waals surface area contributed by atoms with Crippen LogP contribution in [-0.2, 0) is 4.79 Å².